The van der Waals surface area contributed by atoms with E-state index in [-0.39, 0.29) is 5.91 Å². The van der Waals surface area contributed by atoms with Gasteiger partial charge in [0.25, 0.3) is 5.91 Å². The summed E-state index contributed by atoms with van der Waals surface area (Å²) in [6.07, 6.45) is 1.65. The third-order valence-electron chi connectivity index (χ3n) is 3.90. The number of rotatable bonds is 2. The van der Waals surface area contributed by atoms with Crippen LogP contribution in [0.3, 0.4) is 0 Å². The normalized spacial score (nSPS) is 15.2. The molecular formula is C15H18ClN5O. The highest BCUT2D eigenvalue weighted by Crippen LogP contribution is 2.25. The summed E-state index contributed by atoms with van der Waals surface area (Å²) in [4.78, 5) is 16.4. The Morgan fingerprint density at radius 3 is 2.59 bits per heavy atom. The number of anilines is 1. The Hall–Kier alpha value is -2.08. The first-order chi connectivity index (χ1) is 10.5. The van der Waals surface area contributed by atoms with Gasteiger partial charge in [0.05, 0.1) is 6.20 Å². The van der Waals surface area contributed by atoms with E-state index in [0.717, 1.165) is 23.8 Å². The van der Waals surface area contributed by atoms with Gasteiger partial charge in [-0.25, -0.2) is 0 Å². The van der Waals surface area contributed by atoms with E-state index in [2.05, 4.69) is 22.1 Å². The van der Waals surface area contributed by atoms with Gasteiger partial charge in [-0.05, 0) is 24.6 Å². The number of hydrogen-bond donors (Lipinski definition) is 0. The number of piperazine rings is 1. The van der Waals surface area contributed by atoms with E-state index in [9.17, 15) is 4.79 Å². The second-order valence-electron chi connectivity index (χ2n) is 5.49. The number of aromatic nitrogens is 3. The lowest BCUT2D eigenvalue weighted by molar-refractivity contribution is 0.0740. The number of carbonyl (C=O) groups excluding carboxylic acids is 1. The molecular weight excluding hydrogens is 302 g/mol. The minimum absolute atomic E-state index is 0.0597. The number of benzene rings is 1. The number of nitrogens with zero attached hydrogens (tertiary/aromatic N) is 5. The number of amides is 1. The maximum absolute atomic E-state index is 12.3. The maximum atomic E-state index is 12.3. The van der Waals surface area contributed by atoms with Crippen molar-refractivity contribution in [3.63, 3.8) is 0 Å². The molecule has 0 aliphatic carbocycles. The van der Waals surface area contributed by atoms with E-state index < -0.39 is 0 Å². The highest BCUT2D eigenvalue weighted by Gasteiger charge is 2.24. The van der Waals surface area contributed by atoms with Crippen molar-refractivity contribution in [2.45, 2.75) is 6.92 Å². The molecule has 6 nitrogen and oxygen atoms in total. The first kappa shape index (κ1) is 14.8. The summed E-state index contributed by atoms with van der Waals surface area (Å²) in [6, 6.07) is 5.90. The first-order valence-electron chi connectivity index (χ1n) is 7.21. The molecule has 0 radical (unpaired) electrons. The van der Waals surface area contributed by atoms with Gasteiger partial charge in [-0.15, -0.1) is 5.10 Å². The molecule has 1 aromatic carbocycles. The van der Waals surface area contributed by atoms with E-state index >= 15 is 0 Å². The van der Waals surface area contributed by atoms with Crippen molar-refractivity contribution in [1.29, 1.82) is 0 Å². The van der Waals surface area contributed by atoms with Crippen LogP contribution in [0.25, 0.3) is 0 Å². The molecule has 1 aromatic heterocycles. The standard InChI is InChI=1S/C15H18ClN5O/c1-11-3-4-12(16)9-14(11)20-5-7-21(8-6-20)15(22)13-10-19(2)18-17-13/h3-4,9-10H,5-8H2,1-2H3. The highest BCUT2D eigenvalue weighted by molar-refractivity contribution is 6.30. The van der Waals surface area contributed by atoms with Crippen molar-refractivity contribution in [2.24, 2.45) is 7.05 Å². The van der Waals surface area contributed by atoms with Gasteiger partial charge in [-0.1, -0.05) is 22.9 Å². The molecule has 0 saturated carbocycles. The van der Waals surface area contributed by atoms with Crippen LogP contribution in [0.5, 0.6) is 0 Å². The minimum atomic E-state index is -0.0597. The molecule has 116 valence electrons. The van der Waals surface area contributed by atoms with Gasteiger partial charge >= 0.3 is 0 Å². The monoisotopic (exact) mass is 319 g/mol. The average Bonchev–Trinajstić information content (AvgIpc) is 2.96. The van der Waals surface area contributed by atoms with Crippen LogP contribution >= 0.6 is 11.6 Å². The number of halogens is 1. The van der Waals surface area contributed by atoms with Crippen LogP contribution in [0, 0.1) is 6.92 Å². The third-order valence-corrected chi connectivity index (χ3v) is 4.14. The van der Waals surface area contributed by atoms with Crippen molar-refractivity contribution in [3.8, 4) is 0 Å². The lowest BCUT2D eigenvalue weighted by atomic mass is 10.1. The predicted octanol–water partition coefficient (Wildman–Crippen LogP) is 1.74. The van der Waals surface area contributed by atoms with Crippen molar-refractivity contribution in [1.82, 2.24) is 19.9 Å². The summed E-state index contributed by atoms with van der Waals surface area (Å²) in [5.41, 5.74) is 2.73. The van der Waals surface area contributed by atoms with Crippen LogP contribution in [-0.4, -0.2) is 52.0 Å². The molecule has 1 fully saturated rings. The fourth-order valence-electron chi connectivity index (χ4n) is 2.68. The Balaban J connectivity index is 1.67. The second kappa shape index (κ2) is 5.96. The lowest BCUT2D eigenvalue weighted by Crippen LogP contribution is -2.49. The van der Waals surface area contributed by atoms with Gasteiger partial charge < -0.3 is 9.80 Å². The van der Waals surface area contributed by atoms with E-state index in [1.54, 1.807) is 17.9 Å². The Kier molecular flexibility index (Phi) is 4.02. The van der Waals surface area contributed by atoms with Crippen molar-refractivity contribution in [3.05, 3.63) is 40.7 Å². The molecule has 0 bridgehead atoms. The Morgan fingerprint density at radius 2 is 1.95 bits per heavy atom. The summed E-state index contributed by atoms with van der Waals surface area (Å²) < 4.78 is 1.54. The molecule has 22 heavy (non-hydrogen) atoms. The Labute approximate surface area is 134 Å². The molecule has 0 unspecified atom stereocenters. The molecule has 1 saturated heterocycles. The third kappa shape index (κ3) is 2.92. The number of aryl methyl sites for hydroxylation is 2. The topological polar surface area (TPSA) is 54.3 Å². The van der Waals surface area contributed by atoms with Crippen LogP contribution in [0.4, 0.5) is 5.69 Å². The van der Waals surface area contributed by atoms with E-state index in [4.69, 9.17) is 11.6 Å². The summed E-state index contributed by atoms with van der Waals surface area (Å²) in [5, 5.41) is 8.43. The maximum Gasteiger partial charge on any atom is 0.276 e. The zero-order chi connectivity index (χ0) is 15.7. The van der Waals surface area contributed by atoms with E-state index in [1.165, 1.54) is 5.56 Å². The fraction of sp³-hybridized carbons (Fsp3) is 0.400. The zero-order valence-electron chi connectivity index (χ0n) is 12.7. The second-order valence-corrected chi connectivity index (χ2v) is 5.92. The van der Waals surface area contributed by atoms with Crippen LogP contribution in [0.15, 0.2) is 24.4 Å². The van der Waals surface area contributed by atoms with Crippen LogP contribution in [-0.2, 0) is 7.05 Å². The van der Waals surface area contributed by atoms with Crippen molar-refractivity contribution >= 4 is 23.2 Å². The summed E-state index contributed by atoms with van der Waals surface area (Å²) >= 11 is 6.09. The smallest absolute Gasteiger partial charge is 0.276 e. The average molecular weight is 320 g/mol. The van der Waals surface area contributed by atoms with Gasteiger partial charge in [0, 0.05) is 43.9 Å². The van der Waals surface area contributed by atoms with Gasteiger partial charge in [0.2, 0.25) is 0 Å². The van der Waals surface area contributed by atoms with Crippen LogP contribution < -0.4 is 4.90 Å². The van der Waals surface area contributed by atoms with Gasteiger partial charge in [-0.3, -0.25) is 9.48 Å². The van der Waals surface area contributed by atoms with Gasteiger partial charge in [0.15, 0.2) is 5.69 Å². The SMILES string of the molecule is Cc1ccc(Cl)cc1N1CCN(C(=O)c2cn(C)nn2)CC1. The molecule has 1 amide bonds. The molecule has 7 heteroatoms. The molecule has 1 aliphatic rings. The molecule has 2 aromatic rings. The Morgan fingerprint density at radius 1 is 1.23 bits per heavy atom. The van der Waals surface area contributed by atoms with Crippen LogP contribution in [0.1, 0.15) is 16.1 Å². The molecule has 2 heterocycles. The van der Waals surface area contributed by atoms with Crippen molar-refractivity contribution in [2.75, 3.05) is 31.1 Å². The molecule has 0 atom stereocenters. The summed E-state index contributed by atoms with van der Waals surface area (Å²) in [5.74, 6) is -0.0597. The van der Waals surface area contributed by atoms with Gasteiger partial charge in [-0.2, -0.15) is 0 Å². The van der Waals surface area contributed by atoms with Gasteiger partial charge in [0.1, 0.15) is 0 Å². The number of hydrogen-bond acceptors (Lipinski definition) is 4. The quantitative estimate of drug-likeness (QED) is 0.846. The zero-order valence-corrected chi connectivity index (χ0v) is 13.4. The van der Waals surface area contributed by atoms with Crippen LogP contribution in [0.2, 0.25) is 5.02 Å². The fourth-order valence-corrected chi connectivity index (χ4v) is 2.85. The Bertz CT molecular complexity index is 691. The predicted molar refractivity (Wildman–Crippen MR) is 85.3 cm³/mol. The molecule has 0 N–H and O–H groups in total. The van der Waals surface area contributed by atoms with E-state index in [0.29, 0.717) is 18.8 Å². The lowest BCUT2D eigenvalue weighted by Gasteiger charge is -2.36. The molecule has 3 rings (SSSR count). The summed E-state index contributed by atoms with van der Waals surface area (Å²) in [6.45, 7) is 4.98. The largest absolute Gasteiger partial charge is 0.368 e. The highest BCUT2D eigenvalue weighted by atomic mass is 35.5. The molecule has 0 spiro atoms. The van der Waals surface area contributed by atoms with E-state index in [1.807, 2.05) is 23.1 Å². The van der Waals surface area contributed by atoms with Crippen molar-refractivity contribution < 1.29 is 4.79 Å². The first-order valence-corrected chi connectivity index (χ1v) is 7.59. The molecule has 1 aliphatic heterocycles. The number of carbonyl (C=O) groups is 1. The minimum Gasteiger partial charge on any atom is -0.368 e. The summed E-state index contributed by atoms with van der Waals surface area (Å²) in [7, 11) is 1.75.